The Kier molecular flexibility index (Phi) is 1.26. The molecule has 0 atom stereocenters. The van der Waals surface area contributed by atoms with Gasteiger partial charge in [-0.05, 0) is 12.1 Å². The summed E-state index contributed by atoms with van der Waals surface area (Å²) in [4.78, 5) is 10.5. The topological polar surface area (TPSA) is 43.4 Å². The maximum Gasteiger partial charge on any atom is 0.519 e. The standard InChI is InChI=1S/C7H3ClO3/c8-4-1-2-5-6(3-4)11-7(9)10-5/h1-3H. The Hall–Kier alpha value is -1.22. The van der Waals surface area contributed by atoms with E-state index in [-0.39, 0.29) is 0 Å². The molecule has 0 saturated carbocycles. The van der Waals surface area contributed by atoms with Crippen LogP contribution in [-0.4, -0.2) is 0 Å². The van der Waals surface area contributed by atoms with Crippen LogP contribution in [0, 0.1) is 0 Å². The van der Waals surface area contributed by atoms with E-state index in [1.54, 1.807) is 12.1 Å². The second kappa shape index (κ2) is 2.13. The van der Waals surface area contributed by atoms with Gasteiger partial charge >= 0.3 is 5.82 Å². The van der Waals surface area contributed by atoms with Gasteiger partial charge in [0.25, 0.3) is 0 Å². The van der Waals surface area contributed by atoms with E-state index >= 15 is 0 Å². The summed E-state index contributed by atoms with van der Waals surface area (Å²) in [7, 11) is 0. The number of hydrogen-bond acceptors (Lipinski definition) is 3. The summed E-state index contributed by atoms with van der Waals surface area (Å²) in [6.45, 7) is 0. The first-order valence-electron chi connectivity index (χ1n) is 2.95. The molecule has 0 aliphatic heterocycles. The first-order chi connectivity index (χ1) is 5.25. The number of fused-ring (bicyclic) bond motifs is 1. The Balaban J connectivity index is 2.92. The first kappa shape index (κ1) is 6.49. The third kappa shape index (κ3) is 1.03. The van der Waals surface area contributed by atoms with Gasteiger partial charge < -0.3 is 8.83 Å². The fourth-order valence-electron chi connectivity index (χ4n) is 0.846. The number of hydrogen-bond donors (Lipinski definition) is 0. The molecule has 0 unspecified atom stereocenters. The predicted molar refractivity (Wildman–Crippen MR) is 39.8 cm³/mol. The fraction of sp³-hybridized carbons (Fsp3) is 0. The first-order valence-corrected chi connectivity index (χ1v) is 3.33. The van der Waals surface area contributed by atoms with E-state index in [0.717, 1.165) is 0 Å². The summed E-state index contributed by atoms with van der Waals surface area (Å²) in [5, 5.41) is 0.516. The maximum atomic E-state index is 10.5. The van der Waals surface area contributed by atoms with Crippen LogP contribution in [0.3, 0.4) is 0 Å². The third-order valence-electron chi connectivity index (χ3n) is 1.29. The van der Waals surface area contributed by atoms with Crippen LogP contribution in [0.4, 0.5) is 0 Å². The van der Waals surface area contributed by atoms with Crippen molar-refractivity contribution >= 4 is 22.8 Å². The number of benzene rings is 1. The van der Waals surface area contributed by atoms with Crippen LogP contribution < -0.4 is 5.82 Å². The van der Waals surface area contributed by atoms with Crippen LogP contribution in [0.2, 0.25) is 5.02 Å². The molecule has 3 nitrogen and oxygen atoms in total. The van der Waals surface area contributed by atoms with Gasteiger partial charge in [0.15, 0.2) is 11.2 Å². The molecule has 0 amide bonds. The Morgan fingerprint density at radius 1 is 1.18 bits per heavy atom. The number of halogens is 1. The second-order valence-corrected chi connectivity index (χ2v) is 2.48. The van der Waals surface area contributed by atoms with Crippen LogP contribution in [0.5, 0.6) is 0 Å². The minimum Gasteiger partial charge on any atom is -0.391 e. The molecule has 0 radical (unpaired) electrons. The molecular formula is C7H3ClO3. The largest absolute Gasteiger partial charge is 0.519 e. The highest BCUT2D eigenvalue weighted by Gasteiger charge is 2.02. The lowest BCUT2D eigenvalue weighted by atomic mass is 10.3. The van der Waals surface area contributed by atoms with Gasteiger partial charge in [-0.15, -0.1) is 0 Å². The van der Waals surface area contributed by atoms with E-state index in [0.29, 0.717) is 16.2 Å². The molecule has 0 aliphatic rings. The van der Waals surface area contributed by atoms with Crippen LogP contribution in [-0.2, 0) is 0 Å². The van der Waals surface area contributed by atoms with Crippen molar-refractivity contribution in [3.05, 3.63) is 33.8 Å². The zero-order valence-electron chi connectivity index (χ0n) is 5.33. The van der Waals surface area contributed by atoms with Crippen LogP contribution in [0.25, 0.3) is 11.2 Å². The molecule has 0 fully saturated rings. The molecule has 0 aliphatic carbocycles. The molecule has 1 aromatic carbocycles. The van der Waals surface area contributed by atoms with Crippen molar-refractivity contribution in [2.24, 2.45) is 0 Å². The van der Waals surface area contributed by atoms with Gasteiger partial charge in [-0.1, -0.05) is 11.6 Å². The predicted octanol–water partition coefficient (Wildman–Crippen LogP) is 2.04. The van der Waals surface area contributed by atoms with Crippen molar-refractivity contribution in [2.45, 2.75) is 0 Å². The molecule has 0 bridgehead atoms. The minimum absolute atomic E-state index is 0.377. The average molecular weight is 171 g/mol. The summed E-state index contributed by atoms with van der Waals surface area (Å²) in [5.41, 5.74) is 0.793. The van der Waals surface area contributed by atoms with Gasteiger partial charge in [0.1, 0.15) is 0 Å². The van der Waals surface area contributed by atoms with E-state index in [4.69, 9.17) is 11.6 Å². The molecule has 2 aromatic rings. The van der Waals surface area contributed by atoms with Crippen molar-refractivity contribution in [3.63, 3.8) is 0 Å². The molecule has 4 heteroatoms. The lowest BCUT2D eigenvalue weighted by molar-refractivity contribution is 0.409. The smallest absolute Gasteiger partial charge is 0.391 e. The molecule has 0 saturated heterocycles. The fourth-order valence-corrected chi connectivity index (χ4v) is 1.01. The van der Waals surface area contributed by atoms with Gasteiger partial charge in [-0.25, -0.2) is 4.79 Å². The maximum absolute atomic E-state index is 10.5. The highest BCUT2D eigenvalue weighted by Crippen LogP contribution is 2.17. The lowest BCUT2D eigenvalue weighted by Gasteiger charge is -1.84. The summed E-state index contributed by atoms with van der Waals surface area (Å²) >= 11 is 5.62. The van der Waals surface area contributed by atoms with Gasteiger partial charge in [-0.3, -0.25) is 0 Å². The number of rotatable bonds is 0. The van der Waals surface area contributed by atoms with E-state index in [9.17, 15) is 4.79 Å². The van der Waals surface area contributed by atoms with Crippen LogP contribution in [0.15, 0.2) is 31.8 Å². The molecule has 2 rings (SSSR count). The van der Waals surface area contributed by atoms with Crippen LogP contribution >= 0.6 is 11.6 Å². The summed E-state index contributed by atoms with van der Waals surface area (Å²) in [6, 6.07) is 4.74. The zero-order chi connectivity index (χ0) is 7.84. The molecular weight excluding hydrogens is 168 g/mol. The van der Waals surface area contributed by atoms with Crippen molar-refractivity contribution in [1.82, 2.24) is 0 Å². The van der Waals surface area contributed by atoms with Crippen molar-refractivity contribution in [1.29, 1.82) is 0 Å². The van der Waals surface area contributed by atoms with E-state index in [1.807, 2.05) is 0 Å². The Morgan fingerprint density at radius 2 is 1.91 bits per heavy atom. The molecule has 0 spiro atoms. The van der Waals surface area contributed by atoms with Crippen LogP contribution in [0.1, 0.15) is 0 Å². The molecule has 11 heavy (non-hydrogen) atoms. The normalized spacial score (nSPS) is 10.6. The molecule has 1 heterocycles. The third-order valence-corrected chi connectivity index (χ3v) is 1.53. The summed E-state index contributed by atoms with van der Waals surface area (Å²) in [6.07, 6.45) is 0. The van der Waals surface area contributed by atoms with Gasteiger partial charge in [-0.2, -0.15) is 0 Å². The highest BCUT2D eigenvalue weighted by molar-refractivity contribution is 6.31. The van der Waals surface area contributed by atoms with Crippen molar-refractivity contribution < 1.29 is 8.83 Å². The Bertz CT molecular complexity index is 440. The Labute approximate surface area is 66.2 Å². The van der Waals surface area contributed by atoms with E-state index in [1.165, 1.54) is 6.07 Å². The minimum atomic E-state index is -0.706. The summed E-state index contributed by atoms with van der Waals surface area (Å²) < 4.78 is 9.28. The summed E-state index contributed by atoms with van der Waals surface area (Å²) in [5.74, 6) is -0.706. The monoisotopic (exact) mass is 170 g/mol. The average Bonchev–Trinajstić information content (AvgIpc) is 2.27. The van der Waals surface area contributed by atoms with Crippen molar-refractivity contribution in [3.8, 4) is 0 Å². The van der Waals surface area contributed by atoms with E-state index in [2.05, 4.69) is 8.83 Å². The second-order valence-electron chi connectivity index (χ2n) is 2.05. The molecule has 0 N–H and O–H groups in total. The SMILES string of the molecule is O=c1oc2ccc(Cl)cc2o1. The van der Waals surface area contributed by atoms with E-state index < -0.39 is 5.82 Å². The van der Waals surface area contributed by atoms with Gasteiger partial charge in [0, 0.05) is 11.1 Å². The lowest BCUT2D eigenvalue weighted by Crippen LogP contribution is -1.84. The van der Waals surface area contributed by atoms with Crippen molar-refractivity contribution in [2.75, 3.05) is 0 Å². The Morgan fingerprint density at radius 3 is 2.73 bits per heavy atom. The quantitative estimate of drug-likeness (QED) is 0.608. The van der Waals surface area contributed by atoms with Gasteiger partial charge in [0.2, 0.25) is 0 Å². The molecule has 56 valence electrons. The zero-order valence-corrected chi connectivity index (χ0v) is 6.09. The molecule has 1 aromatic heterocycles. The van der Waals surface area contributed by atoms with Gasteiger partial charge in [0.05, 0.1) is 0 Å². The highest BCUT2D eigenvalue weighted by atomic mass is 35.5.